The molecule has 4 aliphatic rings. The van der Waals surface area contributed by atoms with Crippen LogP contribution in [0.1, 0.15) is 124 Å². The van der Waals surface area contributed by atoms with E-state index in [1.807, 2.05) is 13.8 Å². The van der Waals surface area contributed by atoms with Crippen LogP contribution >= 0.6 is 0 Å². The van der Waals surface area contributed by atoms with Crippen molar-refractivity contribution in [2.75, 3.05) is 0 Å². The fourth-order valence-electron chi connectivity index (χ4n) is 8.95. The lowest BCUT2D eigenvalue weighted by Crippen LogP contribution is -2.55. The van der Waals surface area contributed by atoms with Crippen LogP contribution in [0, 0.1) is 39.4 Å². The SMILES string of the molecule is [2H]C1([2H])C[C@]2(C)C3=C(CC[C@H]2C(C)(C)[C@@]1([2H])O)[C@]1(C)CC[C@H]([C@H](C)CCC=C(C)C)[C@@]1(C)CC3. The normalized spacial score (nSPS) is 50.3. The summed E-state index contributed by atoms with van der Waals surface area (Å²) in [6.45, 7) is 18.2. The highest BCUT2D eigenvalue weighted by molar-refractivity contribution is 5.38. The molecule has 0 aromatic rings. The molecule has 7 atom stereocenters. The first-order valence-corrected chi connectivity index (χ1v) is 13.0. The molecule has 1 N–H and O–H groups in total. The van der Waals surface area contributed by atoms with Gasteiger partial charge < -0.3 is 5.11 Å². The minimum Gasteiger partial charge on any atom is -0.393 e. The third kappa shape index (κ3) is 3.34. The van der Waals surface area contributed by atoms with Crippen LogP contribution in [0.2, 0.25) is 0 Å². The number of rotatable bonds is 4. The Bertz CT molecular complexity index is 895. The Morgan fingerprint density at radius 3 is 2.48 bits per heavy atom. The lowest BCUT2D eigenvalue weighted by atomic mass is 9.43. The second kappa shape index (κ2) is 7.75. The fraction of sp³-hybridized carbons (Fsp3) is 0.867. The fourth-order valence-corrected chi connectivity index (χ4v) is 8.95. The first kappa shape index (κ1) is 19.9. The molecule has 0 radical (unpaired) electrons. The van der Waals surface area contributed by atoms with Gasteiger partial charge in [0, 0.05) is 2.74 Å². The third-order valence-electron chi connectivity index (χ3n) is 11.1. The molecule has 2 saturated carbocycles. The summed E-state index contributed by atoms with van der Waals surface area (Å²) in [7, 11) is 0. The van der Waals surface area contributed by atoms with Gasteiger partial charge in [-0.3, -0.25) is 0 Å². The minimum atomic E-state index is -2.06. The molecule has 4 rings (SSSR count). The maximum Gasteiger partial charge on any atom is 0.0606 e. The average molecular weight is 430 g/mol. The molecule has 31 heavy (non-hydrogen) atoms. The van der Waals surface area contributed by atoms with Crippen LogP contribution in [0.15, 0.2) is 22.8 Å². The lowest BCUT2D eigenvalue weighted by molar-refractivity contribution is -0.0962. The molecule has 0 aliphatic heterocycles. The number of fused-ring (bicyclic) bond motifs is 4. The summed E-state index contributed by atoms with van der Waals surface area (Å²) in [6.07, 6.45) is 7.96. The van der Waals surface area contributed by atoms with E-state index in [4.69, 9.17) is 4.11 Å². The van der Waals surface area contributed by atoms with E-state index in [9.17, 15) is 5.11 Å². The Morgan fingerprint density at radius 1 is 1.10 bits per heavy atom. The zero-order valence-electron chi connectivity index (χ0n) is 24.6. The highest BCUT2D eigenvalue weighted by Gasteiger charge is 2.63. The zero-order chi connectivity index (χ0) is 25.5. The number of hydrogen-bond donors (Lipinski definition) is 1. The maximum absolute atomic E-state index is 11.1. The van der Waals surface area contributed by atoms with Crippen LogP contribution in [0.4, 0.5) is 0 Å². The summed E-state index contributed by atoms with van der Waals surface area (Å²) in [5.74, 6) is 1.60. The Hall–Kier alpha value is -0.560. The Balaban J connectivity index is 1.71. The Kier molecular flexibility index (Phi) is 4.97. The van der Waals surface area contributed by atoms with Crippen molar-refractivity contribution in [3.8, 4) is 0 Å². The second-order valence-electron chi connectivity index (χ2n) is 13.1. The maximum atomic E-state index is 11.1. The molecule has 0 heterocycles. The Morgan fingerprint density at radius 2 is 1.81 bits per heavy atom. The van der Waals surface area contributed by atoms with E-state index in [-0.39, 0.29) is 23.2 Å². The van der Waals surface area contributed by atoms with Gasteiger partial charge in [-0.05, 0) is 117 Å². The predicted octanol–water partition coefficient (Wildman–Crippen LogP) is 8.48. The van der Waals surface area contributed by atoms with Gasteiger partial charge in [-0.1, -0.05) is 64.3 Å². The molecule has 0 unspecified atom stereocenters. The van der Waals surface area contributed by atoms with E-state index in [1.165, 1.54) is 43.3 Å². The first-order valence-electron chi connectivity index (χ1n) is 14.5. The van der Waals surface area contributed by atoms with Gasteiger partial charge in [0.1, 0.15) is 0 Å². The highest BCUT2D eigenvalue weighted by atomic mass is 16.3. The van der Waals surface area contributed by atoms with Gasteiger partial charge in [0.15, 0.2) is 0 Å². The van der Waals surface area contributed by atoms with Gasteiger partial charge in [0.25, 0.3) is 0 Å². The van der Waals surface area contributed by atoms with Gasteiger partial charge in [-0.25, -0.2) is 0 Å². The van der Waals surface area contributed by atoms with E-state index in [0.29, 0.717) is 5.41 Å². The summed E-state index contributed by atoms with van der Waals surface area (Å²) in [6, 6.07) is 0. The average Bonchev–Trinajstić information content (AvgIpc) is 2.97. The number of allylic oxidation sites excluding steroid dienone is 4. The van der Waals surface area contributed by atoms with Crippen molar-refractivity contribution in [2.45, 2.75) is 126 Å². The van der Waals surface area contributed by atoms with Gasteiger partial charge in [0.05, 0.1) is 7.45 Å². The van der Waals surface area contributed by atoms with Crippen LogP contribution in [-0.2, 0) is 0 Å². The third-order valence-corrected chi connectivity index (χ3v) is 11.1. The monoisotopic (exact) mass is 429 g/mol. The minimum absolute atomic E-state index is 0.137. The second-order valence-corrected chi connectivity index (χ2v) is 13.1. The summed E-state index contributed by atoms with van der Waals surface area (Å²) in [4.78, 5) is 0. The van der Waals surface area contributed by atoms with Crippen molar-refractivity contribution < 1.29 is 9.22 Å². The van der Waals surface area contributed by atoms with Gasteiger partial charge >= 0.3 is 0 Å². The zero-order valence-corrected chi connectivity index (χ0v) is 21.6. The van der Waals surface area contributed by atoms with Crippen LogP contribution in [0.25, 0.3) is 0 Å². The number of aliphatic hydroxyl groups is 1. The molecule has 0 spiro atoms. The molecule has 0 amide bonds. The molecule has 0 aromatic heterocycles. The molecule has 0 aromatic carbocycles. The molecule has 176 valence electrons. The quantitative estimate of drug-likeness (QED) is 0.444. The van der Waals surface area contributed by atoms with Crippen molar-refractivity contribution in [1.82, 2.24) is 0 Å². The van der Waals surface area contributed by atoms with Crippen LogP contribution < -0.4 is 0 Å². The van der Waals surface area contributed by atoms with E-state index < -0.39 is 17.9 Å². The van der Waals surface area contributed by atoms with E-state index in [1.54, 1.807) is 5.57 Å². The van der Waals surface area contributed by atoms with Crippen molar-refractivity contribution in [3.63, 3.8) is 0 Å². The highest BCUT2D eigenvalue weighted by Crippen LogP contribution is 2.72. The molecule has 2 fully saturated rings. The van der Waals surface area contributed by atoms with Crippen LogP contribution in [0.3, 0.4) is 0 Å². The summed E-state index contributed by atoms with van der Waals surface area (Å²) >= 11 is 0. The molecular formula is C30H50O. The molecule has 1 nitrogen and oxygen atoms in total. The van der Waals surface area contributed by atoms with E-state index in [2.05, 4.69) is 47.6 Å². The van der Waals surface area contributed by atoms with Crippen molar-refractivity contribution in [1.29, 1.82) is 0 Å². The largest absolute Gasteiger partial charge is 0.393 e. The van der Waals surface area contributed by atoms with Crippen molar-refractivity contribution in [2.24, 2.45) is 39.4 Å². The summed E-state index contributed by atoms with van der Waals surface area (Å²) in [5, 5.41) is 11.1. The van der Waals surface area contributed by atoms with Gasteiger partial charge in [-0.2, -0.15) is 0 Å². The van der Waals surface area contributed by atoms with Crippen molar-refractivity contribution >= 4 is 0 Å². The standard InChI is InChI=1S/C30H50O/c1-20(2)10-9-11-21(3)22-14-18-30(8)24-12-13-25-27(4,5)26(31)16-17-28(25,6)23(24)15-19-29(22,30)7/h10,21-22,25-26,31H,9,11-19H2,1-8H3/t21-,22-,25+,26+,28-,29-,30+/m1/s1/i16D2,26D. The smallest absolute Gasteiger partial charge is 0.0606 e. The van der Waals surface area contributed by atoms with E-state index in [0.717, 1.165) is 31.1 Å². The van der Waals surface area contributed by atoms with Gasteiger partial charge in [0.2, 0.25) is 0 Å². The lowest BCUT2D eigenvalue weighted by Gasteiger charge is -2.62. The molecule has 0 bridgehead atoms. The predicted molar refractivity (Wildman–Crippen MR) is 133 cm³/mol. The molecule has 1 heteroatoms. The van der Waals surface area contributed by atoms with Crippen LogP contribution in [0.5, 0.6) is 0 Å². The first-order chi connectivity index (χ1) is 15.5. The van der Waals surface area contributed by atoms with Gasteiger partial charge in [-0.15, -0.1) is 0 Å². The summed E-state index contributed by atoms with van der Waals surface area (Å²) < 4.78 is 26.2. The van der Waals surface area contributed by atoms with Crippen molar-refractivity contribution in [3.05, 3.63) is 22.8 Å². The molecule has 0 saturated heterocycles. The Labute approximate surface area is 197 Å². The molecular weight excluding hydrogens is 376 g/mol. The topological polar surface area (TPSA) is 20.2 Å². The van der Waals surface area contributed by atoms with E-state index >= 15 is 0 Å². The molecule has 4 aliphatic carbocycles. The summed E-state index contributed by atoms with van der Waals surface area (Å²) in [5.41, 5.74) is 4.00. The number of hydrogen-bond acceptors (Lipinski definition) is 1. The van der Waals surface area contributed by atoms with Crippen LogP contribution in [-0.4, -0.2) is 11.2 Å².